The third-order valence-electron chi connectivity index (χ3n) is 6.44. The molecule has 2 atom stereocenters. The van der Waals surface area contributed by atoms with Gasteiger partial charge in [0.2, 0.25) is 0 Å². The van der Waals surface area contributed by atoms with Crippen LogP contribution >= 0.6 is 0 Å². The SMILES string of the molecule is CCCCCCCCNC(=O)C(=O)NC1CCCCC1NC(=O)C(=O)NCCCCCCCC. The molecule has 0 heterocycles. The zero-order valence-electron chi connectivity index (χ0n) is 21.5. The van der Waals surface area contributed by atoms with Crippen LogP contribution in [-0.2, 0) is 19.2 Å². The molecule has 34 heavy (non-hydrogen) atoms. The molecule has 0 bridgehead atoms. The van der Waals surface area contributed by atoms with Gasteiger partial charge in [-0.25, -0.2) is 0 Å². The fourth-order valence-corrected chi connectivity index (χ4v) is 4.32. The maximum absolute atomic E-state index is 12.3. The highest BCUT2D eigenvalue weighted by atomic mass is 16.2. The maximum Gasteiger partial charge on any atom is 0.309 e. The summed E-state index contributed by atoms with van der Waals surface area (Å²) in [6.07, 6.45) is 16.5. The first kappa shape index (κ1) is 29.9. The maximum atomic E-state index is 12.3. The van der Waals surface area contributed by atoms with Gasteiger partial charge in [0.25, 0.3) is 0 Å². The van der Waals surface area contributed by atoms with E-state index in [1.54, 1.807) is 0 Å². The van der Waals surface area contributed by atoms with E-state index in [0.717, 1.165) is 51.4 Å². The summed E-state index contributed by atoms with van der Waals surface area (Å²) < 4.78 is 0. The first-order valence-corrected chi connectivity index (χ1v) is 13.7. The number of amides is 4. The number of hydrogen-bond acceptors (Lipinski definition) is 4. The Balaban J connectivity index is 2.31. The van der Waals surface area contributed by atoms with Gasteiger partial charge in [0, 0.05) is 25.2 Å². The largest absolute Gasteiger partial charge is 0.348 e. The van der Waals surface area contributed by atoms with Crippen LogP contribution in [0.1, 0.15) is 117 Å². The van der Waals surface area contributed by atoms with Crippen LogP contribution in [0.15, 0.2) is 0 Å². The van der Waals surface area contributed by atoms with Gasteiger partial charge >= 0.3 is 23.6 Å². The van der Waals surface area contributed by atoms with E-state index in [1.807, 2.05) is 0 Å². The topological polar surface area (TPSA) is 116 Å². The van der Waals surface area contributed by atoms with Crippen molar-refractivity contribution < 1.29 is 19.2 Å². The number of unbranched alkanes of at least 4 members (excludes halogenated alkanes) is 10. The number of rotatable bonds is 16. The summed E-state index contributed by atoms with van der Waals surface area (Å²) in [5.41, 5.74) is 0. The van der Waals surface area contributed by atoms with Gasteiger partial charge in [0.15, 0.2) is 0 Å². The van der Waals surface area contributed by atoms with Gasteiger partial charge in [-0.3, -0.25) is 19.2 Å². The minimum absolute atomic E-state index is 0.351. The Kier molecular flexibility index (Phi) is 16.9. The monoisotopic (exact) mass is 480 g/mol. The van der Waals surface area contributed by atoms with Crippen LogP contribution in [0.4, 0.5) is 0 Å². The van der Waals surface area contributed by atoms with Crippen molar-refractivity contribution in [1.29, 1.82) is 0 Å². The molecule has 1 aliphatic carbocycles. The minimum Gasteiger partial charge on any atom is -0.348 e. The Morgan fingerprint density at radius 1 is 0.529 bits per heavy atom. The molecular formula is C26H48N4O4. The molecule has 0 aliphatic heterocycles. The van der Waals surface area contributed by atoms with Crippen molar-refractivity contribution in [3.8, 4) is 0 Å². The van der Waals surface area contributed by atoms with Gasteiger partial charge < -0.3 is 21.3 Å². The van der Waals surface area contributed by atoms with Crippen molar-refractivity contribution in [3.63, 3.8) is 0 Å². The summed E-state index contributed by atoms with van der Waals surface area (Å²) >= 11 is 0. The van der Waals surface area contributed by atoms with Crippen LogP contribution in [-0.4, -0.2) is 48.8 Å². The molecule has 196 valence electrons. The Morgan fingerprint density at radius 3 is 1.26 bits per heavy atom. The van der Waals surface area contributed by atoms with Crippen LogP contribution in [0.3, 0.4) is 0 Å². The van der Waals surface area contributed by atoms with Crippen LogP contribution in [0, 0.1) is 0 Å². The van der Waals surface area contributed by atoms with Gasteiger partial charge in [-0.05, 0) is 25.7 Å². The highest BCUT2D eigenvalue weighted by Gasteiger charge is 2.30. The Morgan fingerprint density at radius 2 is 0.882 bits per heavy atom. The van der Waals surface area contributed by atoms with Crippen LogP contribution in [0.2, 0.25) is 0 Å². The van der Waals surface area contributed by atoms with Crippen molar-refractivity contribution in [3.05, 3.63) is 0 Å². The second kappa shape index (κ2) is 19.2. The summed E-state index contributed by atoms with van der Waals surface area (Å²) in [7, 11) is 0. The molecule has 0 saturated heterocycles. The van der Waals surface area contributed by atoms with E-state index in [-0.39, 0.29) is 12.1 Å². The molecule has 0 radical (unpaired) electrons. The first-order valence-electron chi connectivity index (χ1n) is 13.7. The fourth-order valence-electron chi connectivity index (χ4n) is 4.32. The van der Waals surface area contributed by atoms with Gasteiger partial charge in [0.1, 0.15) is 0 Å². The molecule has 1 aliphatic rings. The molecule has 8 heteroatoms. The third-order valence-corrected chi connectivity index (χ3v) is 6.44. The van der Waals surface area contributed by atoms with E-state index in [4.69, 9.17) is 0 Å². The standard InChI is InChI=1S/C26H48N4O4/c1-3-5-7-9-11-15-19-27-23(31)25(33)29-21-17-13-14-18-22(21)30-26(34)24(32)28-20-16-12-10-8-6-4-2/h21-22H,3-20H2,1-2H3,(H,27,31)(H,28,32)(H,29,33)(H,30,34). The molecule has 0 spiro atoms. The highest BCUT2D eigenvalue weighted by molar-refractivity contribution is 6.35. The Bertz CT molecular complexity index is 560. The summed E-state index contributed by atoms with van der Waals surface area (Å²) in [6, 6.07) is -0.701. The zero-order chi connectivity index (χ0) is 25.0. The van der Waals surface area contributed by atoms with E-state index in [1.165, 1.54) is 38.5 Å². The zero-order valence-corrected chi connectivity index (χ0v) is 21.5. The quantitative estimate of drug-likeness (QED) is 0.200. The van der Waals surface area contributed by atoms with E-state index in [2.05, 4.69) is 35.1 Å². The third kappa shape index (κ3) is 13.6. The molecule has 0 aromatic rings. The fraction of sp³-hybridized carbons (Fsp3) is 0.846. The Labute approximate surface area is 206 Å². The van der Waals surface area contributed by atoms with Crippen molar-refractivity contribution in [2.45, 2.75) is 129 Å². The van der Waals surface area contributed by atoms with Gasteiger partial charge in [-0.15, -0.1) is 0 Å². The number of carbonyl (C=O) groups excluding carboxylic acids is 4. The van der Waals surface area contributed by atoms with E-state index in [0.29, 0.717) is 25.9 Å². The average Bonchev–Trinajstić information content (AvgIpc) is 2.83. The molecule has 1 saturated carbocycles. The lowest BCUT2D eigenvalue weighted by atomic mass is 9.90. The molecule has 0 aromatic carbocycles. The van der Waals surface area contributed by atoms with Crippen LogP contribution in [0.5, 0.6) is 0 Å². The lowest BCUT2D eigenvalue weighted by Crippen LogP contribution is -2.57. The normalized spacial score (nSPS) is 17.6. The van der Waals surface area contributed by atoms with E-state index < -0.39 is 23.6 Å². The van der Waals surface area contributed by atoms with Gasteiger partial charge in [-0.1, -0.05) is 90.9 Å². The molecule has 2 unspecified atom stereocenters. The minimum atomic E-state index is -0.676. The van der Waals surface area contributed by atoms with Crippen LogP contribution < -0.4 is 21.3 Å². The predicted octanol–water partition coefficient (Wildman–Crippen LogP) is 3.48. The lowest BCUT2D eigenvalue weighted by molar-refractivity contribution is -0.141. The Hall–Kier alpha value is -2.12. The summed E-state index contributed by atoms with van der Waals surface area (Å²) in [6.45, 7) is 5.32. The average molecular weight is 481 g/mol. The smallest absolute Gasteiger partial charge is 0.309 e. The number of carbonyl (C=O) groups is 4. The number of hydrogen-bond donors (Lipinski definition) is 4. The van der Waals surface area contributed by atoms with Crippen molar-refractivity contribution in [1.82, 2.24) is 21.3 Å². The molecule has 1 fully saturated rings. The predicted molar refractivity (Wildman–Crippen MR) is 135 cm³/mol. The number of nitrogens with one attached hydrogen (secondary N) is 4. The molecule has 4 amide bonds. The van der Waals surface area contributed by atoms with Crippen molar-refractivity contribution >= 4 is 23.6 Å². The van der Waals surface area contributed by atoms with Crippen molar-refractivity contribution in [2.24, 2.45) is 0 Å². The van der Waals surface area contributed by atoms with Crippen molar-refractivity contribution in [2.75, 3.05) is 13.1 Å². The summed E-state index contributed by atoms with van der Waals surface area (Å²) in [4.78, 5) is 49.0. The summed E-state index contributed by atoms with van der Waals surface area (Å²) in [5, 5.41) is 10.9. The lowest BCUT2D eigenvalue weighted by Gasteiger charge is -2.32. The second-order valence-corrected chi connectivity index (χ2v) is 9.49. The molecule has 8 nitrogen and oxygen atoms in total. The van der Waals surface area contributed by atoms with Gasteiger partial charge in [-0.2, -0.15) is 0 Å². The molecule has 4 N–H and O–H groups in total. The van der Waals surface area contributed by atoms with E-state index >= 15 is 0 Å². The van der Waals surface area contributed by atoms with Crippen LogP contribution in [0.25, 0.3) is 0 Å². The second-order valence-electron chi connectivity index (χ2n) is 9.49. The van der Waals surface area contributed by atoms with E-state index in [9.17, 15) is 19.2 Å². The molecule has 1 rings (SSSR count). The van der Waals surface area contributed by atoms with Gasteiger partial charge in [0.05, 0.1) is 0 Å². The summed E-state index contributed by atoms with van der Waals surface area (Å²) in [5.74, 6) is -2.63. The first-order chi connectivity index (χ1) is 16.5. The highest BCUT2D eigenvalue weighted by Crippen LogP contribution is 2.18. The molecule has 0 aromatic heterocycles. The molecular weight excluding hydrogens is 432 g/mol.